The maximum absolute atomic E-state index is 13.3. The third-order valence-corrected chi connectivity index (χ3v) is 4.91. The number of aromatic carboxylic acids is 1. The number of rotatable bonds is 3. The number of hydrogen-bond donors (Lipinski definition) is 1. The van der Waals surface area contributed by atoms with Crippen molar-refractivity contribution in [3.8, 4) is 5.69 Å². The molecule has 6 nitrogen and oxygen atoms in total. The van der Waals surface area contributed by atoms with Crippen LogP contribution >= 0.6 is 0 Å². The van der Waals surface area contributed by atoms with Crippen LogP contribution in [-0.2, 0) is 0 Å². The van der Waals surface area contributed by atoms with Gasteiger partial charge in [-0.25, -0.2) is 18.3 Å². The first-order valence-corrected chi connectivity index (χ1v) is 8.83. The van der Waals surface area contributed by atoms with E-state index in [0.717, 1.165) is 5.39 Å². The number of benzene rings is 2. The molecule has 0 aliphatic carbocycles. The van der Waals surface area contributed by atoms with Crippen molar-refractivity contribution in [2.45, 2.75) is 18.8 Å². The SMILES string of the molecule is O=C(O)c1ccc(-n2cc3cc(C(=O)N4CCC(F)(F)CC4)ccc3n2)cc1. The second-order valence-electron chi connectivity index (χ2n) is 6.85. The molecule has 8 heteroatoms. The lowest BCUT2D eigenvalue weighted by molar-refractivity contribution is -0.0494. The number of halogens is 2. The quantitative estimate of drug-likeness (QED) is 0.748. The van der Waals surface area contributed by atoms with Gasteiger partial charge in [-0.05, 0) is 42.5 Å². The lowest BCUT2D eigenvalue weighted by Gasteiger charge is -2.31. The van der Waals surface area contributed by atoms with E-state index in [4.69, 9.17) is 5.11 Å². The fourth-order valence-corrected chi connectivity index (χ4v) is 3.27. The van der Waals surface area contributed by atoms with Crippen LogP contribution in [0.3, 0.4) is 0 Å². The van der Waals surface area contributed by atoms with Gasteiger partial charge in [0, 0.05) is 43.1 Å². The minimum Gasteiger partial charge on any atom is -0.478 e. The molecule has 28 heavy (non-hydrogen) atoms. The zero-order chi connectivity index (χ0) is 19.9. The molecule has 4 rings (SSSR count). The van der Waals surface area contributed by atoms with Gasteiger partial charge in [0.15, 0.2) is 0 Å². The highest BCUT2D eigenvalue weighted by Gasteiger charge is 2.35. The van der Waals surface area contributed by atoms with Gasteiger partial charge in [0.25, 0.3) is 11.8 Å². The van der Waals surface area contributed by atoms with E-state index in [2.05, 4.69) is 5.10 Å². The van der Waals surface area contributed by atoms with Crippen LogP contribution in [0.5, 0.6) is 0 Å². The number of carboxylic acid groups (broad SMARTS) is 1. The zero-order valence-corrected chi connectivity index (χ0v) is 14.8. The Morgan fingerprint density at radius 2 is 1.64 bits per heavy atom. The van der Waals surface area contributed by atoms with Crippen LogP contribution in [0.2, 0.25) is 0 Å². The maximum Gasteiger partial charge on any atom is 0.335 e. The number of likely N-dealkylation sites (tertiary alicyclic amines) is 1. The van der Waals surface area contributed by atoms with Gasteiger partial charge in [0.05, 0.1) is 16.8 Å². The summed E-state index contributed by atoms with van der Waals surface area (Å²) in [5, 5.41) is 14.1. The number of hydrogen-bond acceptors (Lipinski definition) is 3. The smallest absolute Gasteiger partial charge is 0.335 e. The van der Waals surface area contributed by atoms with Crippen molar-refractivity contribution in [2.24, 2.45) is 0 Å². The highest BCUT2D eigenvalue weighted by molar-refractivity contribution is 5.98. The van der Waals surface area contributed by atoms with Crippen LogP contribution in [-0.4, -0.2) is 50.7 Å². The molecule has 0 spiro atoms. The van der Waals surface area contributed by atoms with Gasteiger partial charge in [-0.2, -0.15) is 5.10 Å². The van der Waals surface area contributed by atoms with E-state index in [9.17, 15) is 18.4 Å². The normalized spacial score (nSPS) is 16.3. The van der Waals surface area contributed by atoms with Gasteiger partial charge in [-0.15, -0.1) is 0 Å². The van der Waals surface area contributed by atoms with Crippen LogP contribution in [0.4, 0.5) is 8.78 Å². The number of nitrogens with zero attached hydrogens (tertiary/aromatic N) is 3. The van der Waals surface area contributed by atoms with Crippen molar-refractivity contribution in [2.75, 3.05) is 13.1 Å². The molecule has 2 heterocycles. The summed E-state index contributed by atoms with van der Waals surface area (Å²) in [5.74, 6) is -3.97. The summed E-state index contributed by atoms with van der Waals surface area (Å²) in [6.07, 6.45) is 1.11. The Kier molecular flexibility index (Phi) is 4.33. The fraction of sp³-hybridized carbons (Fsp3) is 0.250. The van der Waals surface area contributed by atoms with Crippen molar-refractivity contribution in [3.05, 3.63) is 59.8 Å². The molecule has 1 aromatic heterocycles. The Balaban J connectivity index is 1.58. The second-order valence-corrected chi connectivity index (χ2v) is 6.85. The Morgan fingerprint density at radius 3 is 2.29 bits per heavy atom. The molecule has 0 radical (unpaired) electrons. The number of carboxylic acids is 1. The molecule has 1 aliphatic rings. The van der Waals surface area contributed by atoms with Gasteiger partial charge in [-0.1, -0.05) is 0 Å². The first-order chi connectivity index (χ1) is 13.3. The lowest BCUT2D eigenvalue weighted by Crippen LogP contribution is -2.42. The van der Waals surface area contributed by atoms with E-state index in [-0.39, 0.29) is 37.4 Å². The standard InChI is InChI=1S/C20H17F2N3O3/c21-20(22)7-9-24(10-8-20)18(26)14-3-6-17-15(11-14)12-25(23-17)16-4-1-13(2-5-16)19(27)28/h1-6,11-12H,7-10H2,(H,27,28). The largest absolute Gasteiger partial charge is 0.478 e. The molecule has 1 saturated heterocycles. The van der Waals surface area contributed by atoms with Crippen LogP contribution in [0.15, 0.2) is 48.7 Å². The van der Waals surface area contributed by atoms with Gasteiger partial charge in [0.2, 0.25) is 0 Å². The van der Waals surface area contributed by atoms with Crippen LogP contribution < -0.4 is 0 Å². The van der Waals surface area contributed by atoms with Crippen molar-refractivity contribution < 1.29 is 23.5 Å². The van der Waals surface area contributed by atoms with Crippen LogP contribution in [0, 0.1) is 0 Å². The number of fused-ring (bicyclic) bond motifs is 1. The molecule has 1 fully saturated rings. The van der Waals surface area contributed by atoms with Gasteiger partial charge in [0.1, 0.15) is 0 Å². The third-order valence-electron chi connectivity index (χ3n) is 4.91. The monoisotopic (exact) mass is 385 g/mol. The summed E-state index contributed by atoms with van der Waals surface area (Å²) < 4.78 is 28.2. The number of piperidine rings is 1. The highest BCUT2D eigenvalue weighted by Crippen LogP contribution is 2.28. The van der Waals surface area contributed by atoms with E-state index in [1.807, 2.05) is 0 Å². The molecule has 2 aromatic carbocycles. The summed E-state index contributed by atoms with van der Waals surface area (Å²) >= 11 is 0. The minimum absolute atomic E-state index is 0.0407. The average molecular weight is 385 g/mol. The number of carbonyl (C=O) groups excluding carboxylic acids is 1. The molecule has 1 N–H and O–H groups in total. The Morgan fingerprint density at radius 1 is 1.00 bits per heavy atom. The van der Waals surface area contributed by atoms with E-state index in [1.165, 1.54) is 17.0 Å². The molecule has 1 aliphatic heterocycles. The molecule has 0 bridgehead atoms. The molecule has 0 saturated carbocycles. The van der Waals surface area contributed by atoms with Gasteiger partial charge in [-0.3, -0.25) is 4.79 Å². The van der Waals surface area contributed by atoms with E-state index in [0.29, 0.717) is 16.8 Å². The summed E-state index contributed by atoms with van der Waals surface area (Å²) in [6.45, 7) is 0.0815. The molecular formula is C20H17F2N3O3. The van der Waals surface area contributed by atoms with Crippen molar-refractivity contribution >= 4 is 22.8 Å². The fourth-order valence-electron chi connectivity index (χ4n) is 3.27. The van der Waals surface area contributed by atoms with Crippen LogP contribution in [0.1, 0.15) is 33.6 Å². The maximum atomic E-state index is 13.3. The molecule has 0 atom stereocenters. The summed E-state index contributed by atoms with van der Waals surface area (Å²) in [5.41, 5.74) is 1.97. The average Bonchev–Trinajstić information content (AvgIpc) is 3.11. The van der Waals surface area contributed by atoms with Crippen LogP contribution in [0.25, 0.3) is 16.6 Å². The third kappa shape index (κ3) is 3.45. The number of carbonyl (C=O) groups is 2. The Hall–Kier alpha value is -3.29. The molecule has 1 amide bonds. The summed E-state index contributed by atoms with van der Waals surface area (Å²) in [4.78, 5) is 25.0. The van der Waals surface area contributed by atoms with E-state index < -0.39 is 11.9 Å². The Bertz CT molecular complexity index is 1050. The summed E-state index contributed by atoms with van der Waals surface area (Å²) in [6, 6.07) is 11.3. The minimum atomic E-state index is -2.70. The molecule has 0 unspecified atom stereocenters. The Labute approximate surface area is 159 Å². The first-order valence-electron chi connectivity index (χ1n) is 8.83. The molecule has 144 valence electrons. The van der Waals surface area contributed by atoms with Gasteiger partial charge < -0.3 is 10.0 Å². The molecule has 3 aromatic rings. The molecular weight excluding hydrogens is 368 g/mol. The van der Waals surface area contributed by atoms with E-state index >= 15 is 0 Å². The number of aromatic nitrogens is 2. The lowest BCUT2D eigenvalue weighted by atomic mass is 10.0. The topological polar surface area (TPSA) is 75.4 Å². The summed E-state index contributed by atoms with van der Waals surface area (Å²) in [7, 11) is 0. The van der Waals surface area contributed by atoms with Crippen molar-refractivity contribution in [1.82, 2.24) is 14.7 Å². The van der Waals surface area contributed by atoms with Crippen molar-refractivity contribution in [1.29, 1.82) is 0 Å². The predicted octanol–water partition coefficient (Wildman–Crippen LogP) is 3.60. The first kappa shape index (κ1) is 18.1. The number of amides is 1. The van der Waals surface area contributed by atoms with E-state index in [1.54, 1.807) is 41.2 Å². The zero-order valence-electron chi connectivity index (χ0n) is 14.8. The van der Waals surface area contributed by atoms with Gasteiger partial charge >= 0.3 is 5.97 Å². The predicted molar refractivity (Wildman–Crippen MR) is 98.1 cm³/mol. The van der Waals surface area contributed by atoms with Crippen molar-refractivity contribution in [3.63, 3.8) is 0 Å². The number of alkyl halides is 2. The second kappa shape index (κ2) is 6.70. The highest BCUT2D eigenvalue weighted by atomic mass is 19.3.